The van der Waals surface area contributed by atoms with Gasteiger partial charge >= 0.3 is 5.97 Å². The van der Waals surface area contributed by atoms with E-state index in [4.69, 9.17) is 13.9 Å². The maximum atomic E-state index is 12.5. The third-order valence-corrected chi connectivity index (χ3v) is 3.49. The first-order chi connectivity index (χ1) is 11.7. The molecule has 0 aliphatic heterocycles. The van der Waals surface area contributed by atoms with Gasteiger partial charge < -0.3 is 19.2 Å². The molecular formula is C19H25NO5. The summed E-state index contributed by atoms with van der Waals surface area (Å²) in [4.78, 5) is 24.6. The van der Waals surface area contributed by atoms with Crippen LogP contribution in [0.3, 0.4) is 0 Å². The Morgan fingerprint density at radius 3 is 2.56 bits per heavy atom. The van der Waals surface area contributed by atoms with Crippen LogP contribution in [0.5, 0.6) is 0 Å². The molecule has 1 N–H and O–H groups in total. The summed E-state index contributed by atoms with van der Waals surface area (Å²) >= 11 is 0. The molecule has 0 bridgehead atoms. The molecule has 2 rings (SSSR count). The van der Waals surface area contributed by atoms with Gasteiger partial charge in [0.15, 0.2) is 6.10 Å². The maximum Gasteiger partial charge on any atom is 0.375 e. The molecule has 1 aromatic carbocycles. The zero-order valence-electron chi connectivity index (χ0n) is 15.3. The van der Waals surface area contributed by atoms with Gasteiger partial charge in [-0.3, -0.25) is 4.79 Å². The van der Waals surface area contributed by atoms with Crippen molar-refractivity contribution in [3.63, 3.8) is 0 Å². The lowest BCUT2D eigenvalue weighted by atomic mass is 10.1. The number of carbonyl (C=O) groups is 2. The summed E-state index contributed by atoms with van der Waals surface area (Å²) in [5.41, 5.74) is 0.805. The Kier molecular flexibility index (Phi) is 5.85. The summed E-state index contributed by atoms with van der Waals surface area (Å²) in [6, 6.07) is 7.32. The molecule has 1 aromatic heterocycles. The van der Waals surface area contributed by atoms with Gasteiger partial charge in [0.2, 0.25) is 5.76 Å². The van der Waals surface area contributed by atoms with Crippen LogP contribution >= 0.6 is 0 Å². The zero-order valence-corrected chi connectivity index (χ0v) is 15.3. The minimum atomic E-state index is -0.931. The number of para-hydroxylation sites is 1. The van der Waals surface area contributed by atoms with Gasteiger partial charge in [-0.05, 0) is 40.7 Å². The maximum absolute atomic E-state index is 12.5. The van der Waals surface area contributed by atoms with Gasteiger partial charge in [-0.15, -0.1) is 0 Å². The number of nitrogens with one attached hydrogen (secondary N) is 1. The monoisotopic (exact) mass is 347 g/mol. The molecule has 0 radical (unpaired) electrons. The molecule has 0 spiro atoms. The summed E-state index contributed by atoms with van der Waals surface area (Å²) in [6.07, 6.45) is -0.931. The molecule has 136 valence electrons. The number of esters is 1. The van der Waals surface area contributed by atoms with Gasteiger partial charge in [0.05, 0.1) is 6.61 Å². The van der Waals surface area contributed by atoms with E-state index in [9.17, 15) is 9.59 Å². The highest BCUT2D eigenvalue weighted by molar-refractivity contribution is 5.97. The van der Waals surface area contributed by atoms with E-state index in [-0.39, 0.29) is 18.3 Å². The first kappa shape index (κ1) is 19.0. The molecule has 2 aromatic rings. The van der Waals surface area contributed by atoms with E-state index in [1.807, 2.05) is 45.9 Å². The lowest BCUT2D eigenvalue weighted by Crippen LogP contribution is -2.46. The number of rotatable bonds is 6. The van der Waals surface area contributed by atoms with Crippen LogP contribution in [-0.4, -0.2) is 30.1 Å². The Hall–Kier alpha value is -2.34. The molecule has 0 saturated heterocycles. The van der Waals surface area contributed by atoms with E-state index < -0.39 is 17.6 Å². The number of ether oxygens (including phenoxy) is 2. The summed E-state index contributed by atoms with van der Waals surface area (Å²) in [6.45, 7) is 9.73. The van der Waals surface area contributed by atoms with Crippen LogP contribution in [0.25, 0.3) is 11.0 Å². The first-order valence-corrected chi connectivity index (χ1v) is 8.34. The lowest BCUT2D eigenvalue weighted by Gasteiger charge is -2.23. The molecule has 1 atom stereocenters. The second kappa shape index (κ2) is 7.70. The first-order valence-electron chi connectivity index (χ1n) is 8.34. The van der Waals surface area contributed by atoms with Crippen molar-refractivity contribution >= 4 is 22.8 Å². The van der Waals surface area contributed by atoms with E-state index in [0.717, 1.165) is 5.39 Å². The van der Waals surface area contributed by atoms with Crippen LogP contribution in [0.15, 0.2) is 28.7 Å². The topological polar surface area (TPSA) is 77.8 Å². The van der Waals surface area contributed by atoms with Crippen molar-refractivity contribution in [2.45, 2.75) is 52.9 Å². The Labute approximate surface area is 147 Å². The smallest absolute Gasteiger partial charge is 0.375 e. The van der Waals surface area contributed by atoms with E-state index >= 15 is 0 Å². The average Bonchev–Trinajstić information content (AvgIpc) is 2.90. The van der Waals surface area contributed by atoms with Crippen LogP contribution in [0.2, 0.25) is 0 Å². The number of hydrogen-bond acceptors (Lipinski definition) is 5. The number of benzene rings is 1. The summed E-state index contributed by atoms with van der Waals surface area (Å²) in [5.74, 6) is -0.962. The second-order valence-corrected chi connectivity index (χ2v) is 6.83. The predicted octanol–water partition coefficient (Wildman–Crippen LogP) is 3.43. The fraction of sp³-hybridized carbons (Fsp3) is 0.474. The molecule has 0 unspecified atom stereocenters. The molecule has 0 aliphatic carbocycles. The van der Waals surface area contributed by atoms with E-state index in [2.05, 4.69) is 5.32 Å². The summed E-state index contributed by atoms with van der Waals surface area (Å²) < 4.78 is 16.4. The van der Waals surface area contributed by atoms with E-state index in [0.29, 0.717) is 17.8 Å². The minimum absolute atomic E-state index is 0.0741. The minimum Gasteiger partial charge on any atom is -0.449 e. The molecule has 0 aliphatic rings. The molecule has 1 amide bonds. The molecule has 6 heteroatoms. The molecular weight excluding hydrogens is 322 g/mol. The number of fused-ring (bicyclic) bond motifs is 1. The van der Waals surface area contributed by atoms with Crippen LogP contribution in [-0.2, 0) is 20.9 Å². The number of amides is 1. The van der Waals surface area contributed by atoms with Crippen molar-refractivity contribution in [2.24, 2.45) is 0 Å². The van der Waals surface area contributed by atoms with Gasteiger partial charge in [0.25, 0.3) is 5.91 Å². The highest BCUT2D eigenvalue weighted by Crippen LogP contribution is 2.27. The molecule has 6 nitrogen and oxygen atoms in total. The Bertz CT molecular complexity index is 757. The van der Waals surface area contributed by atoms with E-state index in [1.54, 1.807) is 6.07 Å². The van der Waals surface area contributed by atoms with Crippen LogP contribution in [0.4, 0.5) is 0 Å². The summed E-state index contributed by atoms with van der Waals surface area (Å²) in [5, 5.41) is 3.58. The normalized spacial score (nSPS) is 12.8. The zero-order chi connectivity index (χ0) is 18.6. The van der Waals surface area contributed by atoms with Crippen molar-refractivity contribution in [1.29, 1.82) is 0 Å². The molecule has 0 saturated carbocycles. The van der Waals surface area contributed by atoms with Crippen molar-refractivity contribution in [3.8, 4) is 0 Å². The Morgan fingerprint density at radius 1 is 1.24 bits per heavy atom. The quantitative estimate of drug-likeness (QED) is 0.810. The Balaban J connectivity index is 2.22. The fourth-order valence-corrected chi connectivity index (χ4v) is 2.35. The molecule has 0 fully saturated rings. The molecule has 1 heterocycles. The predicted molar refractivity (Wildman–Crippen MR) is 94.3 cm³/mol. The number of hydrogen-bond donors (Lipinski definition) is 1. The van der Waals surface area contributed by atoms with Gasteiger partial charge in [-0.2, -0.15) is 0 Å². The van der Waals surface area contributed by atoms with Crippen LogP contribution < -0.4 is 5.32 Å². The average molecular weight is 347 g/mol. The van der Waals surface area contributed by atoms with Crippen LogP contribution in [0, 0.1) is 0 Å². The summed E-state index contributed by atoms with van der Waals surface area (Å²) in [7, 11) is 0. The highest BCUT2D eigenvalue weighted by Gasteiger charge is 2.27. The standard InChI is InChI=1S/C19H25NO5/c1-6-23-11-14-13-9-7-8-10-15(13)25-16(14)18(22)24-12(2)17(21)20-19(3,4)5/h7-10,12H,6,11H2,1-5H3,(H,20,21)/t12-/m1/s1. The fourth-order valence-electron chi connectivity index (χ4n) is 2.35. The van der Waals surface area contributed by atoms with Gasteiger partial charge in [0.1, 0.15) is 5.58 Å². The van der Waals surface area contributed by atoms with Crippen molar-refractivity contribution in [2.75, 3.05) is 6.61 Å². The van der Waals surface area contributed by atoms with E-state index in [1.165, 1.54) is 6.92 Å². The highest BCUT2D eigenvalue weighted by atomic mass is 16.6. The number of carbonyl (C=O) groups excluding carboxylic acids is 2. The third-order valence-electron chi connectivity index (χ3n) is 3.49. The van der Waals surface area contributed by atoms with Gasteiger partial charge in [0, 0.05) is 23.1 Å². The lowest BCUT2D eigenvalue weighted by molar-refractivity contribution is -0.130. The van der Waals surface area contributed by atoms with Crippen molar-refractivity contribution < 1.29 is 23.5 Å². The van der Waals surface area contributed by atoms with Crippen molar-refractivity contribution in [1.82, 2.24) is 5.32 Å². The van der Waals surface area contributed by atoms with Crippen molar-refractivity contribution in [3.05, 3.63) is 35.6 Å². The van der Waals surface area contributed by atoms with Gasteiger partial charge in [-0.1, -0.05) is 18.2 Å². The largest absolute Gasteiger partial charge is 0.449 e. The van der Waals surface area contributed by atoms with Crippen LogP contribution in [0.1, 0.15) is 50.7 Å². The molecule has 25 heavy (non-hydrogen) atoms. The Morgan fingerprint density at radius 2 is 1.92 bits per heavy atom. The van der Waals surface area contributed by atoms with Gasteiger partial charge in [-0.25, -0.2) is 4.79 Å². The SMILES string of the molecule is CCOCc1c(C(=O)O[C@H](C)C(=O)NC(C)(C)C)oc2ccccc12. The number of furan rings is 1. The third kappa shape index (κ3) is 4.82. The second-order valence-electron chi connectivity index (χ2n) is 6.83.